The van der Waals surface area contributed by atoms with Gasteiger partial charge in [-0.3, -0.25) is 4.90 Å². The van der Waals surface area contributed by atoms with E-state index in [1.165, 1.54) is 11.1 Å². The number of halogens is 3. The Balaban J connectivity index is 1.37. The Hall–Kier alpha value is -2.35. The third-order valence-corrected chi connectivity index (χ3v) is 5.86. The van der Waals surface area contributed by atoms with E-state index in [1.54, 1.807) is 4.90 Å². The molecule has 0 radical (unpaired) electrons. The second kappa shape index (κ2) is 6.92. The monoisotopic (exact) mass is 392 g/mol. The molecule has 1 amide bonds. The first-order valence-electron chi connectivity index (χ1n) is 9.43. The quantitative estimate of drug-likeness (QED) is 0.781. The van der Waals surface area contributed by atoms with E-state index in [9.17, 15) is 18.0 Å². The predicted octanol–water partition coefficient (Wildman–Crippen LogP) is 3.78. The molecule has 2 aromatic rings. The summed E-state index contributed by atoms with van der Waals surface area (Å²) in [7, 11) is 0. The van der Waals surface area contributed by atoms with Crippen LogP contribution in [0.2, 0.25) is 0 Å². The number of amides is 1. The van der Waals surface area contributed by atoms with E-state index in [0.29, 0.717) is 19.3 Å². The van der Waals surface area contributed by atoms with E-state index in [2.05, 4.69) is 41.2 Å². The normalized spacial score (nSPS) is 23.1. The lowest BCUT2D eigenvalue weighted by molar-refractivity contribution is -0.137. The van der Waals surface area contributed by atoms with Gasteiger partial charge in [0.05, 0.1) is 11.8 Å². The van der Waals surface area contributed by atoms with Gasteiger partial charge in [-0.05, 0) is 31.9 Å². The van der Waals surface area contributed by atoms with Gasteiger partial charge >= 0.3 is 12.2 Å². The first-order valence-corrected chi connectivity index (χ1v) is 9.43. The summed E-state index contributed by atoms with van der Waals surface area (Å²) in [5.41, 5.74) is 1.63. The Morgan fingerprint density at radius 2 is 1.86 bits per heavy atom. The Morgan fingerprint density at radius 3 is 2.54 bits per heavy atom. The lowest BCUT2D eigenvalue weighted by Crippen LogP contribution is -2.36. The molecule has 150 valence electrons. The fourth-order valence-corrected chi connectivity index (χ4v) is 4.26. The van der Waals surface area contributed by atoms with Crippen LogP contribution in [0.4, 0.5) is 18.0 Å². The molecule has 1 aromatic heterocycles. The summed E-state index contributed by atoms with van der Waals surface area (Å²) in [5, 5.41) is 3.62. The highest BCUT2D eigenvalue weighted by Gasteiger charge is 2.45. The van der Waals surface area contributed by atoms with E-state index in [4.69, 9.17) is 0 Å². The van der Waals surface area contributed by atoms with Crippen LogP contribution in [-0.4, -0.2) is 51.8 Å². The molecule has 3 heterocycles. The van der Waals surface area contributed by atoms with Gasteiger partial charge in [-0.1, -0.05) is 29.8 Å². The van der Waals surface area contributed by atoms with Crippen molar-refractivity contribution >= 4 is 6.03 Å². The number of hydrogen-bond acceptors (Lipinski definition) is 3. The second-order valence-corrected chi connectivity index (χ2v) is 8.07. The van der Waals surface area contributed by atoms with Crippen molar-refractivity contribution in [2.75, 3.05) is 26.2 Å². The molecule has 2 fully saturated rings. The maximum absolute atomic E-state index is 12.7. The van der Waals surface area contributed by atoms with Gasteiger partial charge < -0.3 is 4.90 Å². The van der Waals surface area contributed by atoms with Crippen LogP contribution in [0.1, 0.15) is 29.5 Å². The van der Waals surface area contributed by atoms with E-state index in [-0.39, 0.29) is 5.41 Å². The average Bonchev–Trinajstić information content (AvgIpc) is 3.37. The molecule has 1 unspecified atom stereocenters. The fourth-order valence-electron chi connectivity index (χ4n) is 4.26. The summed E-state index contributed by atoms with van der Waals surface area (Å²) in [6, 6.07) is 8.01. The van der Waals surface area contributed by atoms with E-state index in [0.717, 1.165) is 43.4 Å². The molecule has 1 atom stereocenters. The summed E-state index contributed by atoms with van der Waals surface area (Å²) < 4.78 is 39.0. The van der Waals surface area contributed by atoms with Crippen LogP contribution >= 0.6 is 0 Å². The first kappa shape index (κ1) is 19.0. The molecular weight excluding hydrogens is 369 g/mol. The largest absolute Gasteiger partial charge is 0.419 e. The van der Waals surface area contributed by atoms with Crippen LogP contribution in [-0.2, 0) is 12.7 Å². The minimum absolute atomic E-state index is 0.0281. The zero-order valence-electron chi connectivity index (χ0n) is 15.7. The van der Waals surface area contributed by atoms with Crippen molar-refractivity contribution in [3.63, 3.8) is 0 Å². The van der Waals surface area contributed by atoms with Gasteiger partial charge in [-0.25, -0.2) is 4.79 Å². The van der Waals surface area contributed by atoms with E-state index >= 15 is 0 Å². The molecule has 1 aromatic carbocycles. The van der Waals surface area contributed by atoms with Crippen LogP contribution in [0, 0.1) is 12.3 Å². The van der Waals surface area contributed by atoms with Crippen LogP contribution < -0.4 is 0 Å². The Morgan fingerprint density at radius 1 is 1.14 bits per heavy atom. The standard InChI is InChI=1S/C20H23F3N4O/c1-15-2-4-16(5-3-15)11-25-8-6-19(13-25)7-9-26(14-19)18(28)27-12-17(10-24-27)20(21,22)23/h2-5,10,12H,6-9,11,13-14H2,1H3. The zero-order valence-corrected chi connectivity index (χ0v) is 15.7. The first-order chi connectivity index (χ1) is 13.2. The Bertz CT molecular complexity index is 861. The van der Waals surface area contributed by atoms with Crippen molar-refractivity contribution in [3.05, 3.63) is 53.3 Å². The van der Waals surface area contributed by atoms with Crippen molar-refractivity contribution in [1.29, 1.82) is 0 Å². The number of hydrogen-bond donors (Lipinski definition) is 0. The van der Waals surface area contributed by atoms with Gasteiger partial charge in [-0.15, -0.1) is 0 Å². The second-order valence-electron chi connectivity index (χ2n) is 8.07. The highest BCUT2D eigenvalue weighted by atomic mass is 19.4. The number of benzene rings is 1. The van der Waals surface area contributed by atoms with Crippen LogP contribution in [0.5, 0.6) is 0 Å². The third-order valence-electron chi connectivity index (χ3n) is 5.86. The number of carbonyl (C=O) groups is 1. The SMILES string of the molecule is Cc1ccc(CN2CCC3(CCN(C(=O)n4cc(C(F)(F)F)cn4)C3)C2)cc1. The lowest BCUT2D eigenvalue weighted by Gasteiger charge is -2.24. The smallest absolute Gasteiger partial charge is 0.322 e. The predicted molar refractivity (Wildman–Crippen MR) is 97.7 cm³/mol. The molecular formula is C20H23F3N4O. The zero-order chi connectivity index (χ0) is 19.9. The van der Waals surface area contributed by atoms with E-state index in [1.807, 2.05) is 0 Å². The summed E-state index contributed by atoms with van der Waals surface area (Å²) in [5.74, 6) is 0. The summed E-state index contributed by atoms with van der Waals surface area (Å²) >= 11 is 0. The number of rotatable bonds is 2. The topological polar surface area (TPSA) is 41.4 Å². The van der Waals surface area contributed by atoms with Crippen LogP contribution in [0.15, 0.2) is 36.7 Å². The molecule has 2 aliphatic rings. The number of likely N-dealkylation sites (tertiary alicyclic amines) is 2. The van der Waals surface area contributed by atoms with Crippen molar-refractivity contribution < 1.29 is 18.0 Å². The van der Waals surface area contributed by atoms with Gasteiger partial charge in [0.15, 0.2) is 0 Å². The van der Waals surface area contributed by atoms with Crippen LogP contribution in [0.25, 0.3) is 0 Å². The highest BCUT2D eigenvalue weighted by Crippen LogP contribution is 2.40. The summed E-state index contributed by atoms with van der Waals surface area (Å²) in [4.78, 5) is 16.6. The molecule has 0 N–H and O–H groups in total. The van der Waals surface area contributed by atoms with E-state index < -0.39 is 17.8 Å². The van der Waals surface area contributed by atoms with Gasteiger partial charge in [0.1, 0.15) is 0 Å². The molecule has 0 aliphatic carbocycles. The number of carbonyl (C=O) groups excluding carboxylic acids is 1. The number of aromatic nitrogens is 2. The lowest BCUT2D eigenvalue weighted by atomic mass is 9.86. The van der Waals surface area contributed by atoms with Crippen molar-refractivity contribution in [2.24, 2.45) is 5.41 Å². The van der Waals surface area contributed by atoms with Crippen molar-refractivity contribution in [2.45, 2.75) is 32.5 Å². The van der Waals surface area contributed by atoms with Gasteiger partial charge in [0.25, 0.3) is 0 Å². The molecule has 4 rings (SSSR count). The molecule has 5 nitrogen and oxygen atoms in total. The number of aryl methyl sites for hydroxylation is 1. The van der Waals surface area contributed by atoms with Gasteiger partial charge in [0.2, 0.25) is 0 Å². The number of nitrogens with zero attached hydrogens (tertiary/aromatic N) is 4. The molecule has 0 bridgehead atoms. The molecule has 2 aliphatic heterocycles. The van der Waals surface area contributed by atoms with Crippen molar-refractivity contribution in [3.8, 4) is 0 Å². The van der Waals surface area contributed by atoms with Crippen molar-refractivity contribution in [1.82, 2.24) is 19.6 Å². The molecule has 8 heteroatoms. The Kier molecular flexibility index (Phi) is 4.69. The number of alkyl halides is 3. The third kappa shape index (κ3) is 3.78. The average molecular weight is 392 g/mol. The Labute approximate surface area is 161 Å². The molecule has 2 saturated heterocycles. The minimum atomic E-state index is -4.49. The van der Waals surface area contributed by atoms with Gasteiger partial charge in [-0.2, -0.15) is 23.0 Å². The molecule has 1 spiro atoms. The summed E-state index contributed by atoms with van der Waals surface area (Å²) in [6.07, 6.45) is -1.16. The van der Waals surface area contributed by atoms with Gasteiger partial charge in [0, 0.05) is 37.8 Å². The van der Waals surface area contributed by atoms with Crippen LogP contribution in [0.3, 0.4) is 0 Å². The summed E-state index contributed by atoms with van der Waals surface area (Å²) in [6.45, 7) is 5.93. The molecule has 0 saturated carbocycles. The maximum Gasteiger partial charge on any atom is 0.419 e. The minimum Gasteiger partial charge on any atom is -0.322 e. The fraction of sp³-hybridized carbons (Fsp3) is 0.500. The maximum atomic E-state index is 12.7. The molecule has 28 heavy (non-hydrogen) atoms. The highest BCUT2D eigenvalue weighted by molar-refractivity contribution is 5.76.